The summed E-state index contributed by atoms with van der Waals surface area (Å²) in [5.74, 6) is 0.935. The Labute approximate surface area is 116 Å². The van der Waals surface area contributed by atoms with Gasteiger partial charge in [0.2, 0.25) is 0 Å². The molecule has 2 fully saturated rings. The van der Waals surface area contributed by atoms with Gasteiger partial charge in [0.1, 0.15) is 0 Å². The first-order chi connectivity index (χ1) is 9.24. The SMILES string of the molecule is CCOOC(=O)C(C)=C(C1CCCC1)C1CCCC1. The van der Waals surface area contributed by atoms with Crippen molar-refractivity contribution < 1.29 is 14.6 Å². The van der Waals surface area contributed by atoms with E-state index in [1.807, 2.05) is 13.8 Å². The highest BCUT2D eigenvalue weighted by Gasteiger charge is 2.31. The van der Waals surface area contributed by atoms with Crippen molar-refractivity contribution in [3.63, 3.8) is 0 Å². The largest absolute Gasteiger partial charge is 0.368 e. The average Bonchev–Trinajstić information content (AvgIpc) is 3.09. The molecule has 0 radical (unpaired) electrons. The topological polar surface area (TPSA) is 35.5 Å². The van der Waals surface area contributed by atoms with Crippen LogP contribution in [0.4, 0.5) is 0 Å². The van der Waals surface area contributed by atoms with Crippen LogP contribution in [0.5, 0.6) is 0 Å². The van der Waals surface area contributed by atoms with Crippen molar-refractivity contribution in [2.75, 3.05) is 6.61 Å². The minimum absolute atomic E-state index is 0.282. The Kier molecular flexibility index (Phi) is 5.44. The molecule has 2 saturated carbocycles. The van der Waals surface area contributed by atoms with E-state index >= 15 is 0 Å². The van der Waals surface area contributed by atoms with Crippen LogP contribution in [-0.4, -0.2) is 12.6 Å². The van der Waals surface area contributed by atoms with Gasteiger partial charge in [-0.05, 0) is 51.4 Å². The molecule has 0 saturated heterocycles. The molecule has 3 nitrogen and oxygen atoms in total. The molecule has 0 atom stereocenters. The molecule has 3 heteroatoms. The van der Waals surface area contributed by atoms with E-state index < -0.39 is 0 Å². The lowest BCUT2D eigenvalue weighted by Gasteiger charge is -2.23. The standard InChI is InChI=1S/C16H26O3/c1-3-18-19-16(17)12(2)15(13-8-4-5-9-13)14-10-6-7-11-14/h13-14H,3-11H2,1-2H3. The van der Waals surface area contributed by atoms with Gasteiger partial charge in [-0.25, -0.2) is 4.79 Å². The average molecular weight is 266 g/mol. The first-order valence-corrected chi connectivity index (χ1v) is 7.78. The number of allylic oxidation sites excluding steroid dienone is 1. The fourth-order valence-electron chi connectivity index (χ4n) is 3.71. The molecular weight excluding hydrogens is 240 g/mol. The van der Waals surface area contributed by atoms with E-state index in [9.17, 15) is 4.79 Å². The van der Waals surface area contributed by atoms with Gasteiger partial charge in [-0.2, -0.15) is 4.89 Å². The van der Waals surface area contributed by atoms with Gasteiger partial charge in [0.05, 0.1) is 6.61 Å². The predicted octanol–water partition coefficient (Wildman–Crippen LogP) is 4.18. The van der Waals surface area contributed by atoms with E-state index in [0.29, 0.717) is 18.4 Å². The maximum absolute atomic E-state index is 12.1. The van der Waals surface area contributed by atoms with Gasteiger partial charge in [-0.15, -0.1) is 0 Å². The second-order valence-electron chi connectivity index (χ2n) is 5.82. The van der Waals surface area contributed by atoms with Crippen molar-refractivity contribution in [2.24, 2.45) is 11.8 Å². The summed E-state index contributed by atoms with van der Waals surface area (Å²) in [5, 5.41) is 0. The lowest BCUT2D eigenvalue weighted by molar-refractivity contribution is -0.265. The van der Waals surface area contributed by atoms with Crippen LogP contribution in [0.25, 0.3) is 0 Å². The first kappa shape index (κ1) is 14.6. The Bertz CT molecular complexity index is 316. The molecule has 2 rings (SSSR count). The minimum atomic E-state index is -0.282. The molecule has 0 N–H and O–H groups in total. The zero-order valence-corrected chi connectivity index (χ0v) is 12.2. The third-order valence-corrected chi connectivity index (χ3v) is 4.58. The summed E-state index contributed by atoms with van der Waals surface area (Å²) in [6.45, 7) is 4.15. The lowest BCUT2D eigenvalue weighted by Crippen LogP contribution is -2.17. The Morgan fingerprint density at radius 2 is 1.47 bits per heavy atom. The normalized spacial score (nSPS) is 20.7. The molecule has 0 spiro atoms. The number of hydrogen-bond acceptors (Lipinski definition) is 3. The molecule has 0 heterocycles. The van der Waals surface area contributed by atoms with Crippen LogP contribution in [0.3, 0.4) is 0 Å². The van der Waals surface area contributed by atoms with E-state index in [1.165, 1.54) is 56.9 Å². The molecule has 0 unspecified atom stereocenters. The third kappa shape index (κ3) is 3.59. The molecule has 0 aliphatic heterocycles. The quantitative estimate of drug-likeness (QED) is 0.425. The van der Waals surface area contributed by atoms with Gasteiger partial charge in [-0.1, -0.05) is 31.3 Å². The van der Waals surface area contributed by atoms with E-state index in [1.54, 1.807) is 0 Å². The van der Waals surface area contributed by atoms with E-state index in [2.05, 4.69) is 0 Å². The Hall–Kier alpha value is -0.830. The summed E-state index contributed by atoms with van der Waals surface area (Å²) < 4.78 is 0. The number of rotatable bonds is 5. The van der Waals surface area contributed by atoms with Crippen molar-refractivity contribution in [3.8, 4) is 0 Å². The Balaban J connectivity index is 2.15. The van der Waals surface area contributed by atoms with Gasteiger partial charge in [0, 0.05) is 5.57 Å². The lowest BCUT2D eigenvalue weighted by atomic mass is 9.82. The van der Waals surface area contributed by atoms with Crippen LogP contribution in [0.15, 0.2) is 11.1 Å². The van der Waals surface area contributed by atoms with Gasteiger partial charge in [-0.3, -0.25) is 4.89 Å². The van der Waals surface area contributed by atoms with Crippen LogP contribution in [0, 0.1) is 11.8 Å². The van der Waals surface area contributed by atoms with Crippen LogP contribution in [0.2, 0.25) is 0 Å². The molecule has 0 aromatic heterocycles. The summed E-state index contributed by atoms with van der Waals surface area (Å²) in [6, 6.07) is 0. The highest BCUT2D eigenvalue weighted by Crippen LogP contribution is 2.42. The molecule has 0 bridgehead atoms. The monoisotopic (exact) mass is 266 g/mol. The Morgan fingerprint density at radius 1 is 1.00 bits per heavy atom. The second kappa shape index (κ2) is 7.09. The van der Waals surface area contributed by atoms with Gasteiger partial charge < -0.3 is 0 Å². The van der Waals surface area contributed by atoms with Crippen molar-refractivity contribution >= 4 is 5.97 Å². The van der Waals surface area contributed by atoms with Crippen molar-refractivity contribution in [1.82, 2.24) is 0 Å². The molecule has 19 heavy (non-hydrogen) atoms. The minimum Gasteiger partial charge on any atom is -0.293 e. The molecular formula is C16H26O3. The summed E-state index contributed by atoms with van der Waals surface area (Å²) in [4.78, 5) is 21.7. The zero-order valence-electron chi connectivity index (χ0n) is 12.2. The summed E-state index contributed by atoms with van der Waals surface area (Å²) in [7, 11) is 0. The number of carbonyl (C=O) groups is 1. The van der Waals surface area contributed by atoms with Crippen LogP contribution >= 0.6 is 0 Å². The summed E-state index contributed by atoms with van der Waals surface area (Å²) >= 11 is 0. The maximum atomic E-state index is 12.1. The second-order valence-corrected chi connectivity index (χ2v) is 5.82. The van der Waals surface area contributed by atoms with Crippen LogP contribution in [-0.2, 0) is 14.6 Å². The first-order valence-electron chi connectivity index (χ1n) is 7.78. The number of carbonyl (C=O) groups excluding carboxylic acids is 1. The van der Waals surface area contributed by atoms with Gasteiger partial charge >= 0.3 is 5.97 Å². The smallest absolute Gasteiger partial charge is 0.293 e. The highest BCUT2D eigenvalue weighted by molar-refractivity contribution is 5.88. The molecule has 108 valence electrons. The van der Waals surface area contributed by atoms with Crippen LogP contribution in [0.1, 0.15) is 65.2 Å². The molecule has 2 aliphatic carbocycles. The predicted molar refractivity (Wildman–Crippen MR) is 74.3 cm³/mol. The van der Waals surface area contributed by atoms with Gasteiger partial charge in [0.25, 0.3) is 0 Å². The third-order valence-electron chi connectivity index (χ3n) is 4.58. The summed E-state index contributed by atoms with van der Waals surface area (Å²) in [6.07, 6.45) is 10.2. The molecule has 0 aromatic carbocycles. The Morgan fingerprint density at radius 3 is 1.89 bits per heavy atom. The highest BCUT2D eigenvalue weighted by atomic mass is 17.2. The molecule has 0 amide bonds. The van der Waals surface area contributed by atoms with E-state index in [0.717, 1.165) is 5.57 Å². The fourth-order valence-corrected chi connectivity index (χ4v) is 3.71. The zero-order chi connectivity index (χ0) is 13.7. The summed E-state index contributed by atoms with van der Waals surface area (Å²) in [5.41, 5.74) is 2.20. The van der Waals surface area contributed by atoms with Gasteiger partial charge in [0.15, 0.2) is 0 Å². The molecule has 2 aliphatic rings. The van der Waals surface area contributed by atoms with E-state index in [4.69, 9.17) is 9.78 Å². The van der Waals surface area contributed by atoms with Crippen molar-refractivity contribution in [3.05, 3.63) is 11.1 Å². The fraction of sp³-hybridized carbons (Fsp3) is 0.812. The number of hydrogen-bond donors (Lipinski definition) is 0. The van der Waals surface area contributed by atoms with E-state index in [-0.39, 0.29) is 5.97 Å². The molecule has 0 aromatic rings. The van der Waals surface area contributed by atoms with Crippen molar-refractivity contribution in [1.29, 1.82) is 0 Å². The van der Waals surface area contributed by atoms with Crippen LogP contribution < -0.4 is 0 Å². The maximum Gasteiger partial charge on any atom is 0.368 e. The van der Waals surface area contributed by atoms with Crippen molar-refractivity contribution in [2.45, 2.75) is 65.2 Å².